The molecule has 0 amide bonds. The van der Waals surface area contributed by atoms with E-state index in [9.17, 15) is 0 Å². The number of rotatable bonds is 4. The summed E-state index contributed by atoms with van der Waals surface area (Å²) in [6.45, 7) is 4.66. The van der Waals surface area contributed by atoms with Crippen molar-refractivity contribution in [2.24, 2.45) is 0 Å². The van der Waals surface area contributed by atoms with Crippen LogP contribution in [0.15, 0.2) is 114 Å². The molecule has 2 atom stereocenters. The summed E-state index contributed by atoms with van der Waals surface area (Å²) in [5.74, 6) is 0.359. The predicted octanol–water partition coefficient (Wildman–Crippen LogP) is 7.82. The first-order valence-electron chi connectivity index (χ1n) is 13.6. The zero-order valence-electron chi connectivity index (χ0n) is 24.5. The van der Waals surface area contributed by atoms with Crippen LogP contribution >= 0.6 is 0 Å². The molecular weight excluding hydrogens is 670 g/mol. The summed E-state index contributed by atoms with van der Waals surface area (Å²) in [5, 5.41) is 7.00. The molecule has 4 heteroatoms. The smallest absolute Gasteiger partial charge is 0.668 e. The van der Waals surface area contributed by atoms with Gasteiger partial charge in [0.1, 0.15) is 0 Å². The minimum absolute atomic E-state index is 0. The van der Waals surface area contributed by atoms with Gasteiger partial charge in [0.15, 0.2) is 0 Å². The molecule has 1 radical (unpaired) electrons. The monoisotopic (exact) mass is 709 g/mol. The van der Waals surface area contributed by atoms with Crippen LogP contribution in [0.4, 0.5) is 0 Å². The molecular formula is C36H39N2SnZr. The van der Waals surface area contributed by atoms with Gasteiger partial charge >= 0.3 is 231 Å². The Labute approximate surface area is 267 Å². The van der Waals surface area contributed by atoms with Gasteiger partial charge in [-0.25, -0.2) is 0 Å². The Balaban J connectivity index is 0.000000581. The number of allylic oxidation sites excluding steroid dienone is 2. The van der Waals surface area contributed by atoms with Crippen molar-refractivity contribution < 1.29 is 26.2 Å². The fourth-order valence-corrected chi connectivity index (χ4v) is 15.6. The average Bonchev–Trinajstić information content (AvgIpc) is 3.46. The van der Waals surface area contributed by atoms with Gasteiger partial charge < -0.3 is 10.6 Å². The number of hydrogen-bond donors (Lipinski definition) is 0. The van der Waals surface area contributed by atoms with Gasteiger partial charge in [-0.1, -0.05) is 0 Å². The van der Waals surface area contributed by atoms with Crippen molar-refractivity contribution in [3.05, 3.63) is 153 Å². The molecule has 2 aliphatic carbocycles. The van der Waals surface area contributed by atoms with Crippen LogP contribution in [0.5, 0.6) is 0 Å². The molecule has 6 rings (SSSR count). The van der Waals surface area contributed by atoms with Gasteiger partial charge in [-0.15, -0.1) is 0 Å². The summed E-state index contributed by atoms with van der Waals surface area (Å²) < 4.78 is 3.75. The molecule has 0 saturated heterocycles. The molecule has 2 unspecified atom stereocenters. The molecule has 4 aromatic carbocycles. The number of hydrogen-bond acceptors (Lipinski definition) is 0. The first-order chi connectivity index (χ1) is 19.0. The maximum absolute atomic E-state index is 3.50. The number of benzene rings is 4. The van der Waals surface area contributed by atoms with E-state index in [0.717, 1.165) is 0 Å². The molecule has 0 bridgehead atoms. The Morgan fingerprint density at radius 3 is 1.60 bits per heavy atom. The van der Waals surface area contributed by atoms with Crippen LogP contribution in [0.25, 0.3) is 22.8 Å². The minimum Gasteiger partial charge on any atom is -0.668 e. The molecule has 201 valence electrons. The minimum atomic E-state index is -2.42. The molecule has 0 aromatic heterocycles. The zero-order valence-corrected chi connectivity index (χ0v) is 29.8. The van der Waals surface area contributed by atoms with Crippen LogP contribution in [0.3, 0.4) is 0 Å². The second kappa shape index (κ2) is 15.8. The normalized spacial score (nSPS) is 16.3. The quantitative estimate of drug-likeness (QED) is 0.194. The summed E-state index contributed by atoms with van der Waals surface area (Å²) in [5.41, 5.74) is 10.3. The van der Waals surface area contributed by atoms with Crippen LogP contribution in [0.1, 0.15) is 51.5 Å². The van der Waals surface area contributed by atoms with E-state index < -0.39 is 19.8 Å². The molecule has 2 aliphatic rings. The molecule has 2 nitrogen and oxygen atoms in total. The van der Waals surface area contributed by atoms with Crippen molar-refractivity contribution in [1.82, 2.24) is 0 Å². The van der Waals surface area contributed by atoms with E-state index in [4.69, 9.17) is 0 Å². The van der Waals surface area contributed by atoms with Gasteiger partial charge in [-0.2, -0.15) is 28.2 Å². The second-order valence-electron chi connectivity index (χ2n) is 10.2. The average molecular weight is 710 g/mol. The van der Waals surface area contributed by atoms with Gasteiger partial charge in [0.05, 0.1) is 0 Å². The Morgan fingerprint density at radius 1 is 0.525 bits per heavy atom. The maximum Gasteiger partial charge on any atom is 2.00 e. The molecule has 4 aromatic rings. The van der Waals surface area contributed by atoms with Crippen LogP contribution in [0, 0.1) is 0 Å². The van der Waals surface area contributed by atoms with Gasteiger partial charge in [0, 0.05) is 0 Å². The first-order valence-corrected chi connectivity index (χ1v) is 18.1. The van der Waals surface area contributed by atoms with Crippen molar-refractivity contribution >= 4 is 39.1 Å². The van der Waals surface area contributed by atoms with E-state index in [0.29, 0.717) is 9.85 Å². The largest absolute Gasteiger partial charge is 2.00 e. The van der Waals surface area contributed by atoms with Crippen molar-refractivity contribution in [3.63, 3.8) is 0 Å². The van der Waals surface area contributed by atoms with Crippen LogP contribution in [0.2, 0.25) is 0 Å². The van der Waals surface area contributed by atoms with E-state index >= 15 is 0 Å². The standard InChI is InChI=1S/C16H13.C10H9.C6H5.2C2H6N.Sn.Zr/c1-12-11-14-9-5-6-10-15(14)16(12)13-7-3-2-4-8-13;1-8-6-9-4-2-3-5-10(9)7-8;1-2-4-6-5-3-1;2*1-3-2;;/h2-7,9-11,16H,1H3;2-7H,1H3;1-5H;2*1-2H3;;/q;;;2*-1;;+2. The van der Waals surface area contributed by atoms with Crippen molar-refractivity contribution in [2.75, 3.05) is 28.2 Å². The van der Waals surface area contributed by atoms with Crippen LogP contribution < -0.4 is 7.16 Å². The Hall–Kier alpha value is -2.04. The Bertz CT molecular complexity index is 1440. The van der Waals surface area contributed by atoms with Crippen LogP contribution in [-0.2, 0) is 26.2 Å². The fourth-order valence-electron chi connectivity index (χ4n) is 5.84. The summed E-state index contributed by atoms with van der Waals surface area (Å²) >= 11 is -2.42. The topological polar surface area (TPSA) is 28.2 Å². The predicted molar refractivity (Wildman–Crippen MR) is 173 cm³/mol. The van der Waals surface area contributed by atoms with E-state index in [2.05, 4.69) is 140 Å². The Morgan fingerprint density at radius 2 is 0.975 bits per heavy atom. The second-order valence-corrected chi connectivity index (χ2v) is 17.4. The molecule has 0 aliphatic heterocycles. The Kier molecular flexibility index (Phi) is 12.8. The summed E-state index contributed by atoms with van der Waals surface area (Å²) in [7, 11) is 7.00. The van der Waals surface area contributed by atoms with E-state index in [1.807, 2.05) is 0 Å². The molecule has 0 heterocycles. The third kappa shape index (κ3) is 7.05. The molecule has 0 N–H and O–H groups in total. The third-order valence-electron chi connectivity index (χ3n) is 7.23. The van der Waals surface area contributed by atoms with Crippen molar-refractivity contribution in [2.45, 2.75) is 23.7 Å². The van der Waals surface area contributed by atoms with Gasteiger partial charge in [-0.3, -0.25) is 0 Å². The number of nitrogens with zero attached hydrogens (tertiary/aromatic N) is 2. The van der Waals surface area contributed by atoms with Gasteiger partial charge in [-0.05, 0) is 0 Å². The first kappa shape index (κ1) is 32.5. The number of fused-ring (bicyclic) bond motifs is 2. The van der Waals surface area contributed by atoms with Gasteiger partial charge in [0.25, 0.3) is 0 Å². The summed E-state index contributed by atoms with van der Waals surface area (Å²) in [6.07, 6.45) is 4.82. The van der Waals surface area contributed by atoms with E-state index in [1.54, 1.807) is 35.3 Å². The summed E-state index contributed by atoms with van der Waals surface area (Å²) in [4.78, 5) is 0. The van der Waals surface area contributed by atoms with Crippen molar-refractivity contribution in [3.8, 4) is 0 Å². The molecule has 0 saturated carbocycles. The van der Waals surface area contributed by atoms with E-state index in [-0.39, 0.29) is 26.2 Å². The SMILES string of the molecule is CC1=Cc2ccccc2C1c1cccc[c]1[Sn]([c]1ccccc1)[CH]1C(C)=Cc2ccccc21.C[N-]C.C[N-]C.[Zr+2]. The molecule has 0 spiro atoms. The molecule has 0 fully saturated rings. The molecule has 40 heavy (non-hydrogen) atoms. The van der Waals surface area contributed by atoms with Crippen molar-refractivity contribution in [1.29, 1.82) is 0 Å². The zero-order chi connectivity index (χ0) is 27.8. The van der Waals surface area contributed by atoms with E-state index in [1.165, 1.54) is 39.0 Å². The maximum atomic E-state index is 3.50. The fraction of sp³-hybridized carbons (Fsp3) is 0.222. The van der Waals surface area contributed by atoms with Crippen LogP contribution in [-0.4, -0.2) is 48.0 Å². The summed E-state index contributed by atoms with van der Waals surface area (Å²) in [6, 6.07) is 38.8. The van der Waals surface area contributed by atoms with Gasteiger partial charge in [0.2, 0.25) is 0 Å². The third-order valence-corrected chi connectivity index (χ3v) is 16.7.